The minimum absolute atomic E-state index is 0.0513. The van der Waals surface area contributed by atoms with E-state index in [1.54, 1.807) is 10.8 Å². The molecule has 0 fully saturated rings. The molecule has 2 aromatic rings. The molecular weight excluding hydrogens is 252 g/mol. The van der Waals surface area contributed by atoms with E-state index in [-0.39, 0.29) is 5.69 Å². The monoisotopic (exact) mass is 264 g/mol. The standard InChI is InChI=1S/C12H13ClN4O/c13-11-9(4-3-6-14-11)8-17-12(18)16-7-2-1-5-10(16)15-17/h3-4,6H,1-2,5,7-8H2. The van der Waals surface area contributed by atoms with Crippen LogP contribution in [0.5, 0.6) is 0 Å². The maximum atomic E-state index is 12.1. The van der Waals surface area contributed by atoms with E-state index in [0.29, 0.717) is 11.7 Å². The number of fused-ring (bicyclic) bond motifs is 1. The Labute approximate surface area is 109 Å². The summed E-state index contributed by atoms with van der Waals surface area (Å²) < 4.78 is 3.23. The van der Waals surface area contributed by atoms with Crippen molar-refractivity contribution in [1.82, 2.24) is 19.3 Å². The Hall–Kier alpha value is -1.62. The number of pyridine rings is 1. The third kappa shape index (κ3) is 1.95. The molecule has 0 aromatic carbocycles. The van der Waals surface area contributed by atoms with Crippen LogP contribution < -0.4 is 5.69 Å². The quantitative estimate of drug-likeness (QED) is 0.772. The van der Waals surface area contributed by atoms with E-state index in [4.69, 9.17) is 11.6 Å². The summed E-state index contributed by atoms with van der Waals surface area (Å²) in [6, 6.07) is 3.67. The highest BCUT2D eigenvalue weighted by Crippen LogP contribution is 2.13. The highest BCUT2D eigenvalue weighted by Gasteiger charge is 2.17. The molecule has 3 rings (SSSR count). The van der Waals surface area contributed by atoms with Gasteiger partial charge in [0.2, 0.25) is 0 Å². The molecule has 0 saturated heterocycles. The zero-order chi connectivity index (χ0) is 12.5. The molecular formula is C12H13ClN4O. The van der Waals surface area contributed by atoms with Crippen molar-refractivity contribution < 1.29 is 0 Å². The van der Waals surface area contributed by atoms with Crippen LogP contribution in [-0.2, 0) is 19.5 Å². The lowest BCUT2D eigenvalue weighted by Crippen LogP contribution is -2.27. The normalized spacial score (nSPS) is 14.5. The summed E-state index contributed by atoms with van der Waals surface area (Å²) in [4.78, 5) is 16.1. The molecule has 5 nitrogen and oxygen atoms in total. The highest BCUT2D eigenvalue weighted by molar-refractivity contribution is 6.30. The molecule has 1 aliphatic rings. The number of nitrogens with zero attached hydrogens (tertiary/aromatic N) is 4. The zero-order valence-corrected chi connectivity index (χ0v) is 10.6. The third-order valence-electron chi connectivity index (χ3n) is 3.19. The van der Waals surface area contributed by atoms with Crippen LogP contribution in [0, 0.1) is 0 Å². The summed E-state index contributed by atoms with van der Waals surface area (Å²) in [6.07, 6.45) is 4.66. The Kier molecular flexibility index (Phi) is 2.91. The fourth-order valence-electron chi connectivity index (χ4n) is 2.25. The van der Waals surface area contributed by atoms with Crippen molar-refractivity contribution in [2.45, 2.75) is 32.4 Å². The Morgan fingerprint density at radius 1 is 1.39 bits per heavy atom. The minimum Gasteiger partial charge on any atom is -0.279 e. The summed E-state index contributed by atoms with van der Waals surface area (Å²) in [5.41, 5.74) is 0.765. The van der Waals surface area contributed by atoms with E-state index in [0.717, 1.165) is 37.2 Å². The van der Waals surface area contributed by atoms with E-state index in [1.807, 2.05) is 12.1 Å². The summed E-state index contributed by atoms with van der Waals surface area (Å²) >= 11 is 5.99. The topological polar surface area (TPSA) is 52.7 Å². The number of hydrogen-bond acceptors (Lipinski definition) is 3. The molecule has 0 spiro atoms. The van der Waals surface area contributed by atoms with Gasteiger partial charge in [-0.05, 0) is 18.9 Å². The van der Waals surface area contributed by atoms with Gasteiger partial charge in [0, 0.05) is 24.7 Å². The van der Waals surface area contributed by atoms with E-state index >= 15 is 0 Å². The number of rotatable bonds is 2. The second kappa shape index (κ2) is 4.57. The molecule has 0 atom stereocenters. The van der Waals surface area contributed by atoms with Gasteiger partial charge in [-0.25, -0.2) is 14.5 Å². The molecule has 3 heterocycles. The molecule has 0 unspecified atom stereocenters. The molecule has 0 bridgehead atoms. The molecule has 0 radical (unpaired) electrons. The van der Waals surface area contributed by atoms with Gasteiger partial charge in [-0.1, -0.05) is 17.7 Å². The van der Waals surface area contributed by atoms with E-state index < -0.39 is 0 Å². The van der Waals surface area contributed by atoms with Crippen LogP contribution in [0.2, 0.25) is 5.15 Å². The van der Waals surface area contributed by atoms with E-state index in [1.165, 1.54) is 4.68 Å². The van der Waals surface area contributed by atoms with Gasteiger partial charge in [-0.15, -0.1) is 0 Å². The van der Waals surface area contributed by atoms with Gasteiger partial charge < -0.3 is 0 Å². The van der Waals surface area contributed by atoms with Crippen molar-refractivity contribution in [3.05, 3.63) is 45.4 Å². The first-order valence-electron chi connectivity index (χ1n) is 6.01. The fraction of sp³-hybridized carbons (Fsp3) is 0.417. The smallest absolute Gasteiger partial charge is 0.279 e. The average Bonchev–Trinajstić information content (AvgIpc) is 2.70. The number of aromatic nitrogens is 4. The average molecular weight is 265 g/mol. The van der Waals surface area contributed by atoms with Gasteiger partial charge in [0.25, 0.3) is 0 Å². The third-order valence-corrected chi connectivity index (χ3v) is 3.53. The maximum absolute atomic E-state index is 12.1. The second-order valence-electron chi connectivity index (χ2n) is 4.42. The van der Waals surface area contributed by atoms with E-state index in [9.17, 15) is 4.79 Å². The first-order chi connectivity index (χ1) is 8.75. The van der Waals surface area contributed by atoms with E-state index in [2.05, 4.69) is 10.1 Å². The minimum atomic E-state index is -0.0513. The van der Waals surface area contributed by atoms with Crippen molar-refractivity contribution in [3.63, 3.8) is 0 Å². The van der Waals surface area contributed by atoms with Crippen LogP contribution in [0.3, 0.4) is 0 Å². The molecule has 0 saturated carbocycles. The first kappa shape index (κ1) is 11.5. The number of hydrogen-bond donors (Lipinski definition) is 0. The zero-order valence-electron chi connectivity index (χ0n) is 9.84. The fourth-order valence-corrected chi connectivity index (χ4v) is 2.43. The molecule has 0 N–H and O–H groups in total. The molecule has 18 heavy (non-hydrogen) atoms. The molecule has 2 aromatic heterocycles. The Morgan fingerprint density at radius 3 is 3.06 bits per heavy atom. The van der Waals surface area contributed by atoms with Crippen LogP contribution in [0.1, 0.15) is 24.2 Å². The van der Waals surface area contributed by atoms with Crippen LogP contribution in [0.25, 0.3) is 0 Å². The van der Waals surface area contributed by atoms with Crippen molar-refractivity contribution in [1.29, 1.82) is 0 Å². The van der Waals surface area contributed by atoms with Crippen molar-refractivity contribution in [2.75, 3.05) is 0 Å². The SMILES string of the molecule is O=c1n(Cc2cccnc2Cl)nc2n1CCCC2. The van der Waals surface area contributed by atoms with Crippen molar-refractivity contribution in [2.24, 2.45) is 0 Å². The van der Waals surface area contributed by atoms with Crippen LogP contribution in [0.15, 0.2) is 23.1 Å². The van der Waals surface area contributed by atoms with Crippen molar-refractivity contribution >= 4 is 11.6 Å². The number of halogens is 1. The molecule has 94 valence electrons. The van der Waals surface area contributed by atoms with Gasteiger partial charge in [-0.2, -0.15) is 5.10 Å². The summed E-state index contributed by atoms with van der Waals surface area (Å²) in [7, 11) is 0. The Bertz CT molecular complexity index is 631. The summed E-state index contributed by atoms with van der Waals surface area (Å²) in [5.74, 6) is 0.881. The molecule has 0 aliphatic carbocycles. The first-order valence-corrected chi connectivity index (χ1v) is 6.39. The number of aryl methyl sites for hydroxylation is 1. The lowest BCUT2D eigenvalue weighted by Gasteiger charge is -2.09. The van der Waals surface area contributed by atoms with Gasteiger partial charge in [0.15, 0.2) is 0 Å². The molecule has 6 heteroatoms. The molecule has 1 aliphatic heterocycles. The van der Waals surface area contributed by atoms with Crippen LogP contribution in [-0.4, -0.2) is 19.3 Å². The van der Waals surface area contributed by atoms with Gasteiger partial charge >= 0.3 is 5.69 Å². The summed E-state index contributed by atoms with van der Waals surface area (Å²) in [6.45, 7) is 1.15. The second-order valence-corrected chi connectivity index (χ2v) is 4.78. The van der Waals surface area contributed by atoms with Crippen LogP contribution >= 0.6 is 11.6 Å². The largest absolute Gasteiger partial charge is 0.346 e. The van der Waals surface area contributed by atoms with Gasteiger partial charge in [0.1, 0.15) is 11.0 Å². The molecule has 0 amide bonds. The van der Waals surface area contributed by atoms with Crippen molar-refractivity contribution in [3.8, 4) is 0 Å². The lowest BCUT2D eigenvalue weighted by molar-refractivity contribution is 0.511. The van der Waals surface area contributed by atoms with Gasteiger partial charge in [-0.3, -0.25) is 4.57 Å². The Balaban J connectivity index is 1.97. The Morgan fingerprint density at radius 2 is 2.28 bits per heavy atom. The summed E-state index contributed by atoms with van der Waals surface area (Å²) in [5, 5.41) is 4.79. The predicted molar refractivity (Wildman–Crippen MR) is 67.8 cm³/mol. The maximum Gasteiger partial charge on any atom is 0.346 e. The predicted octanol–water partition coefficient (Wildman–Crippen LogP) is 1.48. The van der Waals surface area contributed by atoms with Gasteiger partial charge in [0.05, 0.1) is 6.54 Å². The van der Waals surface area contributed by atoms with Crippen LogP contribution in [0.4, 0.5) is 0 Å². The highest BCUT2D eigenvalue weighted by atomic mass is 35.5. The lowest BCUT2D eigenvalue weighted by atomic mass is 10.2.